The van der Waals surface area contributed by atoms with E-state index in [1.807, 2.05) is 0 Å². The second-order valence-corrected chi connectivity index (χ2v) is 27.8. The monoisotopic (exact) mass is 1150 g/mol. The van der Waals surface area contributed by atoms with Crippen molar-refractivity contribution in [2.45, 2.75) is 52.4 Å². The maximum absolute atomic E-state index is 2.84. The zero-order valence-electron chi connectivity index (χ0n) is 48.6. The van der Waals surface area contributed by atoms with Crippen LogP contribution in [0.4, 0.5) is 68.2 Å². The van der Waals surface area contributed by atoms with Gasteiger partial charge in [-0.25, -0.2) is 0 Å². The molecule has 85 heavy (non-hydrogen) atoms. The Balaban J connectivity index is 1.05. The van der Waals surface area contributed by atoms with Crippen molar-refractivity contribution < 1.29 is 0 Å². The van der Waals surface area contributed by atoms with Crippen molar-refractivity contribution in [3.63, 3.8) is 0 Å². The molecule has 0 aliphatic carbocycles. The third-order valence-corrected chi connectivity index (χ3v) is 22.6. The summed E-state index contributed by atoms with van der Waals surface area (Å²) in [5, 5.41) is 0. The van der Waals surface area contributed by atoms with E-state index in [1.54, 1.807) is 0 Å². The van der Waals surface area contributed by atoms with Crippen molar-refractivity contribution >= 4 is 129 Å². The van der Waals surface area contributed by atoms with Crippen LogP contribution in [-0.4, -0.2) is 27.9 Å². The average Bonchev–Trinajstić information content (AvgIpc) is 1.66. The van der Waals surface area contributed by atoms with Crippen LogP contribution in [-0.2, 0) is 10.8 Å². The molecule has 5 aliphatic rings. The second-order valence-electron chi connectivity index (χ2n) is 25.6. The molecule has 0 N–H and O–H groups in total. The first kappa shape index (κ1) is 50.3. The van der Waals surface area contributed by atoms with Gasteiger partial charge in [0.2, 0.25) is 0 Å². The van der Waals surface area contributed by atoms with Gasteiger partial charge in [0, 0.05) is 0 Å². The van der Waals surface area contributed by atoms with Crippen LogP contribution in [0.2, 0.25) is 0 Å². The van der Waals surface area contributed by atoms with E-state index in [2.05, 4.69) is 316 Å². The third-order valence-electron chi connectivity index (χ3n) is 18.4. The van der Waals surface area contributed by atoms with Crippen LogP contribution in [0.3, 0.4) is 0 Å². The van der Waals surface area contributed by atoms with Gasteiger partial charge in [0.25, 0.3) is 0 Å². The van der Waals surface area contributed by atoms with Gasteiger partial charge in [-0.15, -0.1) is 0 Å². The normalized spacial score (nSPS) is 13.9. The van der Waals surface area contributed by atoms with Crippen LogP contribution in [0.1, 0.15) is 50.4 Å². The fraction of sp³-hybridized carbons (Fsp3) is 0.103. The molecule has 0 saturated heterocycles. The van der Waals surface area contributed by atoms with Crippen LogP contribution < -0.4 is 52.4 Å². The molecule has 17 rings (SSSR count). The van der Waals surface area contributed by atoms with Gasteiger partial charge in [0.15, 0.2) is 0 Å². The summed E-state index contributed by atoms with van der Waals surface area (Å²) in [4.78, 5) is 10.8. The molecule has 6 heterocycles. The summed E-state index contributed by atoms with van der Waals surface area (Å²) in [7, 11) is 0. The molecule has 404 valence electrons. The Hall–Kier alpha value is -9.25. The zero-order valence-corrected chi connectivity index (χ0v) is 50.3. The molecule has 0 bridgehead atoms. The Morgan fingerprint density at radius 1 is 0.259 bits per heavy atom. The van der Waals surface area contributed by atoms with Crippen LogP contribution in [0.15, 0.2) is 255 Å². The molecule has 0 saturated carbocycles. The van der Waals surface area contributed by atoms with E-state index in [-0.39, 0.29) is 38.8 Å². The molecule has 0 spiro atoms. The first-order valence-corrected chi connectivity index (χ1v) is 31.7. The Bertz CT molecular complexity index is 4690. The van der Waals surface area contributed by atoms with Crippen molar-refractivity contribution in [2.75, 3.05) is 19.6 Å². The molecule has 0 amide bonds. The first-order chi connectivity index (χ1) is 41.5. The summed E-state index contributed by atoms with van der Waals surface area (Å²) < 4.78 is 3.06. The maximum atomic E-state index is 2.84. The van der Waals surface area contributed by atoms with Gasteiger partial charge in [-0.3, -0.25) is 0 Å². The Kier molecular flexibility index (Phi) is 11.0. The van der Waals surface area contributed by atoms with Gasteiger partial charge in [-0.2, -0.15) is 0 Å². The molecule has 4 nitrogen and oxygen atoms in total. The molecule has 5 aliphatic heterocycles. The molecule has 0 unspecified atom stereocenters. The number of hydrogen-bond donors (Lipinski definition) is 0. The summed E-state index contributed by atoms with van der Waals surface area (Å²) in [5.41, 5.74) is 32.3. The van der Waals surface area contributed by atoms with E-state index in [0.29, 0.717) is 0 Å². The van der Waals surface area contributed by atoms with Gasteiger partial charge in [0.05, 0.1) is 0 Å². The van der Waals surface area contributed by atoms with Crippen LogP contribution >= 0.6 is 0 Å². The molecular formula is C78H60B2N4Se. The van der Waals surface area contributed by atoms with Gasteiger partial charge >= 0.3 is 485 Å². The minimum atomic E-state index is -0.160. The number of nitrogens with zero attached hydrogens (tertiary/aromatic N) is 4. The summed E-state index contributed by atoms with van der Waals surface area (Å²) in [6, 6.07) is 96.3. The average molecular weight is 1150 g/mol. The van der Waals surface area contributed by atoms with Gasteiger partial charge in [-0.1, -0.05) is 24.3 Å². The predicted molar refractivity (Wildman–Crippen MR) is 364 cm³/mol. The second kappa shape index (κ2) is 18.6. The molecule has 0 atom stereocenters. The fourth-order valence-electron chi connectivity index (χ4n) is 14.8. The van der Waals surface area contributed by atoms with E-state index in [1.165, 1.54) is 143 Å². The molecular weight excluding hydrogens is 1090 g/mol. The van der Waals surface area contributed by atoms with Gasteiger partial charge in [-0.05, 0) is 0 Å². The topological polar surface area (TPSA) is 13.0 Å². The summed E-state index contributed by atoms with van der Waals surface area (Å²) >= 11 is 0.00914. The summed E-state index contributed by atoms with van der Waals surface area (Å²) in [6.07, 6.45) is 0. The van der Waals surface area contributed by atoms with E-state index in [4.69, 9.17) is 0 Å². The molecule has 0 fully saturated rings. The first-order valence-electron chi connectivity index (χ1n) is 30.0. The number of rotatable bonds is 6. The minimum absolute atomic E-state index is 0.00914. The molecule has 0 radical (unpaired) electrons. The summed E-state index contributed by atoms with van der Waals surface area (Å²) in [5.74, 6) is 0. The standard InChI is InChI=1S/C78H60B2N4Se/c1-77(2,3)75-73-74(76(85-75)78(4,5)6)84-68-48-55(51-29-17-9-18-30-51)45-65-70(68)80(62-43-53(49-25-13-7-14-26-49)38-42-63(62)81(65)57-33-21-11-22-34-57)61-41-40-60-71(72(61)84)83(73)67-47-56(52-31-19-10-20-32-52)46-66-69(67)79(60)59-39-37-54(50-27-15-8-16-28-50)44-64(59)82(66)58-35-23-12-24-36-58/h7-48H,1-6H3. The van der Waals surface area contributed by atoms with Gasteiger partial charge < -0.3 is 0 Å². The van der Waals surface area contributed by atoms with E-state index >= 15 is 0 Å². The van der Waals surface area contributed by atoms with Crippen molar-refractivity contribution in [3.05, 3.63) is 264 Å². The Morgan fingerprint density at radius 3 is 1.01 bits per heavy atom. The van der Waals surface area contributed by atoms with Crippen LogP contribution in [0, 0.1) is 0 Å². The van der Waals surface area contributed by atoms with Crippen LogP contribution in [0.25, 0.3) is 44.5 Å². The van der Waals surface area contributed by atoms with Crippen molar-refractivity contribution in [3.8, 4) is 44.5 Å². The molecule has 1 aromatic heterocycles. The Morgan fingerprint density at radius 2 is 0.588 bits per heavy atom. The quantitative estimate of drug-likeness (QED) is 0.154. The zero-order chi connectivity index (χ0) is 57.0. The number of hydrogen-bond acceptors (Lipinski definition) is 4. The predicted octanol–water partition coefficient (Wildman–Crippen LogP) is 16.5. The molecule has 7 heteroatoms. The molecule has 12 aromatic rings. The third kappa shape index (κ3) is 7.49. The van der Waals surface area contributed by atoms with Crippen LogP contribution in [0.5, 0.6) is 0 Å². The number of fused-ring (bicyclic) bond motifs is 11. The Labute approximate surface area is 505 Å². The number of benzene rings is 11. The van der Waals surface area contributed by atoms with Crippen molar-refractivity contribution in [1.82, 2.24) is 0 Å². The van der Waals surface area contributed by atoms with E-state index in [0.717, 1.165) is 11.4 Å². The fourth-order valence-corrected chi connectivity index (χ4v) is 17.7. The van der Waals surface area contributed by atoms with Gasteiger partial charge in [0.1, 0.15) is 0 Å². The van der Waals surface area contributed by atoms with Crippen molar-refractivity contribution in [1.29, 1.82) is 0 Å². The number of anilines is 12. The van der Waals surface area contributed by atoms with Crippen molar-refractivity contribution in [2.24, 2.45) is 0 Å². The van der Waals surface area contributed by atoms with E-state index < -0.39 is 0 Å². The number of para-hydroxylation sites is 2. The van der Waals surface area contributed by atoms with E-state index in [9.17, 15) is 0 Å². The SMILES string of the molecule is CC(C)(C)c1[se]c(C(C)(C)C)c2c1N1c3cc(-c4ccccc4)cc4c3B(c3cc(-c5ccccc5)ccc3N4c3ccccc3)c3ccc4c(c31)N2c1cc(-c2ccccc2)cc2c1B4c1ccc(-c3ccccc3)cc1N2c1ccccc1. The summed E-state index contributed by atoms with van der Waals surface area (Å²) in [6.45, 7) is 14.6. The molecule has 11 aromatic carbocycles.